The van der Waals surface area contributed by atoms with Crippen LogP contribution >= 0.6 is 0 Å². The molecule has 268 valence electrons. The Morgan fingerprint density at radius 1 is 1.06 bits per heavy atom. The highest BCUT2D eigenvalue weighted by Gasteiger charge is 2.72. The molecule has 5 fully saturated rings. The molecule has 48 heavy (non-hydrogen) atoms. The van der Waals surface area contributed by atoms with Crippen LogP contribution < -0.4 is 11.5 Å². The van der Waals surface area contributed by atoms with E-state index in [1.165, 1.54) is 5.57 Å². The van der Waals surface area contributed by atoms with Crippen molar-refractivity contribution in [1.29, 1.82) is 0 Å². The number of hydrogen-bond donors (Lipinski definition) is 3. The van der Waals surface area contributed by atoms with Crippen LogP contribution in [0.1, 0.15) is 106 Å². The predicted octanol–water partition coefficient (Wildman–Crippen LogP) is 5.28. The molecule has 3 heterocycles. The van der Waals surface area contributed by atoms with E-state index in [1.807, 2.05) is 0 Å². The quantitative estimate of drug-likeness (QED) is 0.326. The number of carboxylic acids is 1. The van der Waals surface area contributed by atoms with Crippen molar-refractivity contribution in [3.8, 4) is 0 Å². The van der Waals surface area contributed by atoms with Crippen LogP contribution in [-0.4, -0.2) is 76.0 Å². The van der Waals surface area contributed by atoms with Crippen LogP contribution in [0.4, 0.5) is 5.95 Å². The van der Waals surface area contributed by atoms with Gasteiger partial charge in [-0.05, 0) is 96.5 Å². The summed E-state index contributed by atoms with van der Waals surface area (Å²) in [5, 5.41) is 24.2. The smallest absolute Gasteiger partial charge is 0.307 e. The van der Waals surface area contributed by atoms with Crippen molar-refractivity contribution >= 4 is 11.9 Å². The van der Waals surface area contributed by atoms with Gasteiger partial charge in [0, 0.05) is 29.6 Å². The van der Waals surface area contributed by atoms with Crippen LogP contribution in [0, 0.1) is 56.7 Å². The molecule has 1 aromatic heterocycles. The monoisotopic (exact) mass is 668 g/mol. The Hall–Kier alpha value is -2.08. The molecule has 6 aliphatic rings. The Kier molecular flexibility index (Phi) is 8.21. The number of nitrogen functional groups attached to an aromatic ring is 1. The Balaban J connectivity index is 1.29. The van der Waals surface area contributed by atoms with Crippen molar-refractivity contribution in [2.24, 2.45) is 62.4 Å². The fraction of sp³-hybridized carbons (Fsp3) is 0.892. The van der Waals surface area contributed by atoms with E-state index in [0.717, 1.165) is 51.4 Å². The SMILES string of the molecule is CC(C)[C@@H](C)[C@@]1(C)CC[C@]2(C)[C@H]3CC[C@@H]4[C@@]5(COC[C@]4(C)[C@@H](OCC4(N)CCOCC4)[C@H](n4nnc(N)n4)C5)C3=CC[C@@]2(C)[C@@H]1C(=O)O. The number of anilines is 1. The van der Waals surface area contributed by atoms with Crippen LogP contribution in [0.3, 0.4) is 0 Å². The number of aromatic nitrogens is 4. The van der Waals surface area contributed by atoms with Crippen LogP contribution in [0.2, 0.25) is 0 Å². The molecule has 7 rings (SSSR count). The second kappa shape index (κ2) is 11.5. The molecule has 4 aliphatic carbocycles. The summed E-state index contributed by atoms with van der Waals surface area (Å²) in [4.78, 5) is 15.1. The Morgan fingerprint density at radius 2 is 1.79 bits per heavy atom. The summed E-state index contributed by atoms with van der Waals surface area (Å²) in [5.74, 6) is 0.438. The van der Waals surface area contributed by atoms with Gasteiger partial charge in [0.05, 0.1) is 31.8 Å². The summed E-state index contributed by atoms with van der Waals surface area (Å²) < 4.78 is 19.3. The summed E-state index contributed by atoms with van der Waals surface area (Å²) in [5.41, 5.74) is 12.6. The summed E-state index contributed by atoms with van der Waals surface area (Å²) in [6.45, 7) is 19.1. The van der Waals surface area contributed by atoms with Gasteiger partial charge in [-0.2, -0.15) is 4.80 Å². The van der Waals surface area contributed by atoms with Gasteiger partial charge >= 0.3 is 5.97 Å². The molecule has 11 nitrogen and oxygen atoms in total. The van der Waals surface area contributed by atoms with Crippen LogP contribution in [0.5, 0.6) is 0 Å². The lowest BCUT2D eigenvalue weighted by molar-refractivity contribution is -0.254. The number of carboxylic acid groups (broad SMARTS) is 1. The number of hydrogen-bond acceptors (Lipinski definition) is 9. The number of rotatable bonds is 7. The summed E-state index contributed by atoms with van der Waals surface area (Å²) in [6.07, 6.45) is 9.33. The standard InChI is InChI=1S/C37H60N6O5/c1-22(2)23(3)32(4)12-13-34(6)24-8-9-27-33(5)19-47-21-37(27,25(24)10-11-35(34,7)28(32)30(44)45)18-26(43-41-31(38)40-42-43)29(33)48-20-36(39)14-16-46-17-15-36/h10,22-24,26-29H,8-9,11-21,39H2,1-7H3,(H2,38,41)(H,44,45)/t23-,24+,26-,27+,28-,29+,32-,33+,34-,35+,37+/m1/s1. The van der Waals surface area contributed by atoms with E-state index in [4.69, 9.17) is 25.7 Å². The minimum atomic E-state index is -0.634. The Morgan fingerprint density at radius 3 is 2.44 bits per heavy atom. The zero-order chi connectivity index (χ0) is 34.5. The number of carbonyl (C=O) groups is 1. The first-order valence-electron chi connectivity index (χ1n) is 18.6. The summed E-state index contributed by atoms with van der Waals surface area (Å²) >= 11 is 0. The first-order chi connectivity index (χ1) is 22.5. The lowest BCUT2D eigenvalue weighted by Crippen LogP contribution is -2.69. The number of nitrogens with two attached hydrogens (primary N) is 2. The molecule has 0 radical (unpaired) electrons. The summed E-state index contributed by atoms with van der Waals surface area (Å²) in [7, 11) is 0. The third kappa shape index (κ3) is 4.72. The zero-order valence-corrected chi connectivity index (χ0v) is 30.3. The normalized spacial score (nSPS) is 45.8. The predicted molar refractivity (Wildman–Crippen MR) is 182 cm³/mol. The molecular formula is C37H60N6O5. The van der Waals surface area contributed by atoms with E-state index < -0.39 is 17.4 Å². The minimum absolute atomic E-state index is 0.155. The van der Waals surface area contributed by atoms with Gasteiger partial charge in [0.15, 0.2) is 0 Å². The van der Waals surface area contributed by atoms with Crippen molar-refractivity contribution in [3.05, 3.63) is 11.6 Å². The van der Waals surface area contributed by atoms with E-state index in [-0.39, 0.29) is 51.1 Å². The highest BCUT2D eigenvalue weighted by atomic mass is 16.5. The van der Waals surface area contributed by atoms with Gasteiger partial charge in [0.1, 0.15) is 6.04 Å². The summed E-state index contributed by atoms with van der Waals surface area (Å²) in [6, 6.07) is -0.197. The van der Waals surface area contributed by atoms with Gasteiger partial charge < -0.3 is 30.8 Å². The largest absolute Gasteiger partial charge is 0.481 e. The van der Waals surface area contributed by atoms with Crippen molar-refractivity contribution in [2.75, 3.05) is 38.8 Å². The molecule has 5 N–H and O–H groups in total. The number of aliphatic carboxylic acids is 1. The molecule has 2 aliphatic heterocycles. The van der Waals surface area contributed by atoms with Crippen molar-refractivity contribution in [1.82, 2.24) is 20.2 Å². The third-order valence-corrected chi connectivity index (χ3v) is 15.9. The molecule has 0 amide bonds. The van der Waals surface area contributed by atoms with Crippen molar-refractivity contribution in [3.63, 3.8) is 0 Å². The highest BCUT2D eigenvalue weighted by Crippen LogP contribution is 2.75. The maximum atomic E-state index is 13.4. The van der Waals surface area contributed by atoms with Gasteiger partial charge in [-0.25, -0.2) is 0 Å². The first kappa shape index (κ1) is 34.4. The van der Waals surface area contributed by atoms with E-state index in [9.17, 15) is 9.90 Å². The lowest BCUT2D eigenvalue weighted by Gasteiger charge is -2.71. The molecule has 11 atom stereocenters. The van der Waals surface area contributed by atoms with Crippen molar-refractivity contribution in [2.45, 2.75) is 118 Å². The average molecular weight is 669 g/mol. The lowest BCUT2D eigenvalue weighted by atomic mass is 9.34. The second-order valence-electron chi connectivity index (χ2n) is 18.3. The molecule has 0 aromatic carbocycles. The molecule has 2 bridgehead atoms. The number of ether oxygens (including phenoxy) is 3. The van der Waals surface area contributed by atoms with Crippen LogP contribution in [-0.2, 0) is 19.0 Å². The molecule has 3 saturated carbocycles. The number of tetrazole rings is 1. The number of nitrogens with zero attached hydrogens (tertiary/aromatic N) is 4. The highest BCUT2D eigenvalue weighted by molar-refractivity contribution is 5.73. The maximum Gasteiger partial charge on any atom is 0.307 e. The Bertz CT molecular complexity index is 1440. The number of allylic oxidation sites excluding steroid dienone is 1. The molecule has 11 heteroatoms. The average Bonchev–Trinajstić information content (AvgIpc) is 3.46. The third-order valence-electron chi connectivity index (χ3n) is 15.9. The molecule has 2 saturated heterocycles. The van der Waals surface area contributed by atoms with Gasteiger partial charge in [0.2, 0.25) is 0 Å². The first-order valence-corrected chi connectivity index (χ1v) is 18.6. The van der Waals surface area contributed by atoms with E-state index in [1.54, 1.807) is 4.80 Å². The minimum Gasteiger partial charge on any atom is -0.481 e. The molecule has 0 unspecified atom stereocenters. The topological polar surface area (TPSA) is 161 Å². The van der Waals surface area contributed by atoms with Crippen LogP contribution in [0.15, 0.2) is 11.6 Å². The molecule has 1 aromatic rings. The van der Waals surface area contributed by atoms with E-state index in [0.29, 0.717) is 50.8 Å². The van der Waals surface area contributed by atoms with Crippen molar-refractivity contribution < 1.29 is 24.1 Å². The van der Waals surface area contributed by atoms with Gasteiger partial charge in [0.25, 0.3) is 5.95 Å². The fourth-order valence-electron chi connectivity index (χ4n) is 12.7. The Labute approximate surface area is 286 Å². The molecular weight excluding hydrogens is 608 g/mol. The van der Waals surface area contributed by atoms with Gasteiger partial charge in [-0.15, -0.1) is 5.10 Å². The van der Waals surface area contributed by atoms with Crippen LogP contribution in [0.25, 0.3) is 0 Å². The molecule has 0 spiro atoms. The second-order valence-corrected chi connectivity index (χ2v) is 18.3. The maximum absolute atomic E-state index is 13.4. The van der Waals surface area contributed by atoms with Gasteiger partial charge in [-0.3, -0.25) is 4.79 Å². The van der Waals surface area contributed by atoms with E-state index in [2.05, 4.69) is 70.0 Å². The zero-order valence-electron chi connectivity index (χ0n) is 30.3. The van der Waals surface area contributed by atoms with E-state index >= 15 is 0 Å². The fourth-order valence-corrected chi connectivity index (χ4v) is 12.7. The number of fused-ring (bicyclic) bond motifs is 3. The van der Waals surface area contributed by atoms with Gasteiger partial charge in [-0.1, -0.05) is 65.2 Å².